The number of aromatic nitrogens is 3. The highest BCUT2D eigenvalue weighted by atomic mass is 32.1. The Bertz CT molecular complexity index is 847. The minimum atomic E-state index is 0.214. The summed E-state index contributed by atoms with van der Waals surface area (Å²) in [5.41, 5.74) is 5.15. The summed E-state index contributed by atoms with van der Waals surface area (Å²) < 4.78 is 1.98. The SMILES string of the molecule is Cc1ncsc1-c1cc(CN2CCC(NC(=O)CC3C=CCC3)CC2)n(C)n1. The summed E-state index contributed by atoms with van der Waals surface area (Å²) in [5, 5.41) is 7.93. The maximum absolute atomic E-state index is 12.3. The third kappa shape index (κ3) is 4.52. The van der Waals surface area contributed by atoms with Crippen molar-refractivity contribution in [3.05, 3.63) is 35.1 Å². The number of amides is 1. The van der Waals surface area contributed by atoms with E-state index in [4.69, 9.17) is 0 Å². The number of hydrogen-bond donors (Lipinski definition) is 1. The fraction of sp³-hybridized carbons (Fsp3) is 0.571. The lowest BCUT2D eigenvalue weighted by atomic mass is 10.0. The molecule has 0 aromatic carbocycles. The Hall–Kier alpha value is -1.99. The van der Waals surface area contributed by atoms with Gasteiger partial charge in [0.05, 0.1) is 21.8 Å². The second-order valence-corrected chi connectivity index (χ2v) is 8.85. The van der Waals surface area contributed by atoms with Crippen molar-refractivity contribution in [2.45, 2.75) is 51.6 Å². The molecule has 0 radical (unpaired) electrons. The van der Waals surface area contributed by atoms with E-state index in [1.54, 1.807) is 11.3 Å². The minimum absolute atomic E-state index is 0.214. The van der Waals surface area contributed by atoms with Gasteiger partial charge in [0.25, 0.3) is 0 Å². The van der Waals surface area contributed by atoms with E-state index >= 15 is 0 Å². The van der Waals surface area contributed by atoms with Crippen molar-refractivity contribution in [2.75, 3.05) is 13.1 Å². The maximum atomic E-state index is 12.3. The number of nitrogens with one attached hydrogen (secondary N) is 1. The van der Waals surface area contributed by atoms with Crippen LogP contribution in [0.4, 0.5) is 0 Å². The molecule has 1 aliphatic heterocycles. The van der Waals surface area contributed by atoms with Crippen molar-refractivity contribution < 1.29 is 4.79 Å². The van der Waals surface area contributed by atoms with Gasteiger partial charge in [-0.15, -0.1) is 11.3 Å². The molecule has 1 amide bonds. The average Bonchev–Trinajstić information content (AvgIpc) is 3.40. The van der Waals surface area contributed by atoms with E-state index in [1.165, 1.54) is 5.69 Å². The molecule has 2 aromatic rings. The zero-order valence-electron chi connectivity index (χ0n) is 16.7. The fourth-order valence-corrected chi connectivity index (χ4v) is 4.93. The standard InChI is InChI=1S/C21H29N5OS/c1-15-21(28-14-22-15)19-12-18(25(2)24-19)13-26-9-7-17(8-10-26)23-20(27)11-16-5-3-4-6-16/h3,5,12,14,16-17H,4,6-11,13H2,1-2H3,(H,23,27). The Balaban J connectivity index is 1.26. The minimum Gasteiger partial charge on any atom is -0.353 e. The largest absolute Gasteiger partial charge is 0.353 e. The van der Waals surface area contributed by atoms with Crippen molar-refractivity contribution >= 4 is 17.2 Å². The molecule has 6 nitrogen and oxygen atoms in total. The summed E-state index contributed by atoms with van der Waals surface area (Å²) in [6, 6.07) is 2.50. The monoisotopic (exact) mass is 399 g/mol. The molecule has 7 heteroatoms. The molecule has 0 saturated carbocycles. The molecule has 3 heterocycles. The van der Waals surface area contributed by atoms with Crippen LogP contribution in [-0.4, -0.2) is 44.7 Å². The molecule has 1 N–H and O–H groups in total. The Morgan fingerprint density at radius 1 is 1.32 bits per heavy atom. The molecule has 1 fully saturated rings. The molecular weight excluding hydrogens is 370 g/mol. The first-order valence-electron chi connectivity index (χ1n) is 10.2. The van der Waals surface area contributed by atoms with Gasteiger partial charge in [0, 0.05) is 39.1 Å². The van der Waals surface area contributed by atoms with Gasteiger partial charge in [-0.2, -0.15) is 5.10 Å². The van der Waals surface area contributed by atoms with Gasteiger partial charge in [-0.1, -0.05) is 12.2 Å². The summed E-state index contributed by atoms with van der Waals surface area (Å²) >= 11 is 1.64. The zero-order valence-corrected chi connectivity index (χ0v) is 17.5. The van der Waals surface area contributed by atoms with Crippen molar-refractivity contribution in [3.63, 3.8) is 0 Å². The number of allylic oxidation sites excluding steroid dienone is 2. The molecule has 1 atom stereocenters. The zero-order chi connectivity index (χ0) is 19.5. The maximum Gasteiger partial charge on any atom is 0.220 e. The molecule has 150 valence electrons. The van der Waals surface area contributed by atoms with Crippen LogP contribution in [0.3, 0.4) is 0 Å². The van der Waals surface area contributed by atoms with E-state index < -0.39 is 0 Å². The van der Waals surface area contributed by atoms with E-state index in [0.717, 1.165) is 61.6 Å². The van der Waals surface area contributed by atoms with Crippen molar-refractivity contribution in [1.29, 1.82) is 0 Å². The predicted molar refractivity (Wildman–Crippen MR) is 112 cm³/mol. The van der Waals surface area contributed by atoms with Gasteiger partial charge in [0.2, 0.25) is 5.91 Å². The average molecular weight is 400 g/mol. The Morgan fingerprint density at radius 3 is 2.82 bits per heavy atom. The number of thiazole rings is 1. The number of carbonyl (C=O) groups excluding carboxylic acids is 1. The van der Waals surface area contributed by atoms with Crippen LogP contribution in [0.1, 0.15) is 43.5 Å². The number of likely N-dealkylation sites (tertiary alicyclic amines) is 1. The Kier molecular flexibility index (Phi) is 5.92. The second-order valence-electron chi connectivity index (χ2n) is 8.00. The molecule has 4 rings (SSSR count). The molecule has 2 aliphatic rings. The van der Waals surface area contributed by atoms with Crippen LogP contribution < -0.4 is 5.32 Å². The number of nitrogens with zero attached hydrogens (tertiary/aromatic N) is 4. The highest BCUT2D eigenvalue weighted by Gasteiger charge is 2.23. The molecule has 1 aliphatic carbocycles. The molecule has 0 spiro atoms. The fourth-order valence-electron chi connectivity index (χ4n) is 4.17. The quantitative estimate of drug-likeness (QED) is 0.757. The molecule has 1 saturated heterocycles. The van der Waals surface area contributed by atoms with Gasteiger partial charge in [0.15, 0.2) is 0 Å². The van der Waals surface area contributed by atoms with E-state index in [2.05, 4.69) is 38.5 Å². The molecule has 28 heavy (non-hydrogen) atoms. The lowest BCUT2D eigenvalue weighted by Crippen LogP contribution is -2.44. The summed E-state index contributed by atoms with van der Waals surface area (Å²) in [7, 11) is 2.01. The lowest BCUT2D eigenvalue weighted by Gasteiger charge is -2.32. The normalized spacial score (nSPS) is 20.7. The summed E-state index contributed by atoms with van der Waals surface area (Å²) in [6.07, 6.45) is 9.31. The van der Waals surface area contributed by atoms with Gasteiger partial charge < -0.3 is 5.32 Å². The van der Waals surface area contributed by atoms with Crippen LogP contribution in [0.25, 0.3) is 10.6 Å². The van der Waals surface area contributed by atoms with E-state index in [1.807, 2.05) is 24.2 Å². The van der Waals surface area contributed by atoms with E-state index in [-0.39, 0.29) is 5.91 Å². The van der Waals surface area contributed by atoms with Gasteiger partial charge in [-0.25, -0.2) is 4.98 Å². The van der Waals surface area contributed by atoms with Crippen molar-refractivity contribution in [3.8, 4) is 10.6 Å². The van der Waals surface area contributed by atoms with Crippen LogP contribution >= 0.6 is 11.3 Å². The Labute approximate surface area is 170 Å². The van der Waals surface area contributed by atoms with Crippen LogP contribution in [-0.2, 0) is 18.4 Å². The number of carbonyl (C=O) groups is 1. The van der Waals surface area contributed by atoms with Crippen LogP contribution in [0, 0.1) is 12.8 Å². The van der Waals surface area contributed by atoms with Crippen LogP contribution in [0.2, 0.25) is 0 Å². The third-order valence-electron chi connectivity index (χ3n) is 5.85. The van der Waals surface area contributed by atoms with Gasteiger partial charge in [-0.05, 0) is 44.6 Å². The third-order valence-corrected chi connectivity index (χ3v) is 6.80. The number of aryl methyl sites for hydroxylation is 2. The van der Waals surface area contributed by atoms with Gasteiger partial charge in [-0.3, -0.25) is 14.4 Å². The van der Waals surface area contributed by atoms with Crippen LogP contribution in [0.5, 0.6) is 0 Å². The topological polar surface area (TPSA) is 63.1 Å². The first-order chi connectivity index (χ1) is 13.6. The molecule has 0 bridgehead atoms. The predicted octanol–water partition coefficient (Wildman–Crippen LogP) is 3.29. The second kappa shape index (κ2) is 8.57. The van der Waals surface area contributed by atoms with E-state index in [0.29, 0.717) is 18.4 Å². The first kappa shape index (κ1) is 19.3. The highest BCUT2D eigenvalue weighted by Crippen LogP contribution is 2.27. The lowest BCUT2D eigenvalue weighted by molar-refractivity contribution is -0.122. The van der Waals surface area contributed by atoms with E-state index in [9.17, 15) is 4.79 Å². The summed E-state index contributed by atoms with van der Waals surface area (Å²) in [6.45, 7) is 4.94. The van der Waals surface area contributed by atoms with Crippen molar-refractivity contribution in [1.82, 2.24) is 25.0 Å². The Morgan fingerprint density at radius 2 is 2.14 bits per heavy atom. The van der Waals surface area contributed by atoms with Crippen molar-refractivity contribution in [2.24, 2.45) is 13.0 Å². The van der Waals surface area contributed by atoms with Crippen LogP contribution in [0.15, 0.2) is 23.7 Å². The summed E-state index contributed by atoms with van der Waals surface area (Å²) in [4.78, 5) is 20.2. The highest BCUT2D eigenvalue weighted by molar-refractivity contribution is 7.13. The molecule has 2 aromatic heterocycles. The van der Waals surface area contributed by atoms with Gasteiger partial charge in [0.1, 0.15) is 5.69 Å². The molecule has 1 unspecified atom stereocenters. The number of piperidine rings is 1. The number of rotatable bonds is 6. The summed E-state index contributed by atoms with van der Waals surface area (Å²) in [5.74, 6) is 0.660. The smallest absolute Gasteiger partial charge is 0.220 e. The number of hydrogen-bond acceptors (Lipinski definition) is 5. The van der Waals surface area contributed by atoms with Gasteiger partial charge >= 0.3 is 0 Å². The first-order valence-corrected chi connectivity index (χ1v) is 11.1. The molecular formula is C21H29N5OS.